The predicted octanol–water partition coefficient (Wildman–Crippen LogP) is -0.192. The monoisotopic (exact) mass is 232 g/mol. The molecule has 0 radical (unpaired) electrons. The summed E-state index contributed by atoms with van der Waals surface area (Å²) in [7, 11) is 0. The van der Waals surface area contributed by atoms with Gasteiger partial charge in [0.05, 0.1) is 12.0 Å². The average Bonchev–Trinajstić information content (AvgIpc) is 2.27. The Morgan fingerprint density at radius 2 is 1.93 bits per heavy atom. The van der Waals surface area contributed by atoms with Gasteiger partial charge in [-0.25, -0.2) is 14.8 Å². The molecule has 0 aliphatic rings. The number of aliphatic hydroxyl groups excluding tert-OH is 2. The molecule has 1 heterocycles. The number of rotatable bonds is 4. The maximum absolute atomic E-state index is 10.4. The Morgan fingerprint density at radius 1 is 1.40 bits per heavy atom. The lowest BCUT2D eigenvalue weighted by Crippen LogP contribution is -2.20. The molecule has 0 aromatic carbocycles. The van der Waals surface area contributed by atoms with Gasteiger partial charge in [0.15, 0.2) is 0 Å². The standard InChI is InChI=1S/C8H9ClN2O4/c9-1-5(12)6(13)4-2-10-7(8(14)15)11-3-4/h2-3,5-6,12-13H,1H2,(H,14,15). The third-order valence-electron chi connectivity index (χ3n) is 1.73. The lowest BCUT2D eigenvalue weighted by atomic mass is 10.1. The highest BCUT2D eigenvalue weighted by Gasteiger charge is 2.18. The van der Waals surface area contributed by atoms with Crippen molar-refractivity contribution in [2.24, 2.45) is 0 Å². The number of carboxylic acid groups (broad SMARTS) is 1. The average molecular weight is 233 g/mol. The number of hydrogen-bond acceptors (Lipinski definition) is 5. The van der Waals surface area contributed by atoms with E-state index in [0.29, 0.717) is 0 Å². The summed E-state index contributed by atoms with van der Waals surface area (Å²) in [6.45, 7) is 0. The zero-order chi connectivity index (χ0) is 11.4. The summed E-state index contributed by atoms with van der Waals surface area (Å²) >= 11 is 5.33. The molecular weight excluding hydrogens is 224 g/mol. The van der Waals surface area contributed by atoms with Gasteiger partial charge < -0.3 is 15.3 Å². The highest BCUT2D eigenvalue weighted by atomic mass is 35.5. The van der Waals surface area contributed by atoms with Crippen LogP contribution in [0.1, 0.15) is 22.3 Å². The summed E-state index contributed by atoms with van der Waals surface area (Å²) in [6.07, 6.45) is -0.0791. The fourth-order valence-electron chi connectivity index (χ4n) is 0.908. The molecule has 1 aromatic heterocycles. The largest absolute Gasteiger partial charge is 0.475 e. The summed E-state index contributed by atoms with van der Waals surface area (Å²) in [5.74, 6) is -1.76. The first kappa shape index (κ1) is 11.8. The van der Waals surface area contributed by atoms with E-state index in [4.69, 9.17) is 16.7 Å². The molecular formula is C8H9ClN2O4. The summed E-state index contributed by atoms with van der Waals surface area (Å²) in [5, 5.41) is 27.2. The number of carbonyl (C=O) groups is 1. The SMILES string of the molecule is O=C(O)c1ncc(C(O)C(O)CCl)cn1. The van der Waals surface area contributed by atoms with Gasteiger partial charge in [-0.15, -0.1) is 11.6 Å². The summed E-state index contributed by atoms with van der Waals surface area (Å²) in [6, 6.07) is 0. The number of aliphatic hydroxyl groups is 2. The number of alkyl halides is 1. The van der Waals surface area contributed by atoms with Crippen molar-refractivity contribution in [3.63, 3.8) is 0 Å². The predicted molar refractivity (Wildman–Crippen MR) is 50.7 cm³/mol. The van der Waals surface area contributed by atoms with Gasteiger partial charge in [0.25, 0.3) is 0 Å². The molecule has 7 heteroatoms. The first-order valence-electron chi connectivity index (χ1n) is 4.03. The molecule has 2 atom stereocenters. The number of nitrogens with zero attached hydrogens (tertiary/aromatic N) is 2. The highest BCUT2D eigenvalue weighted by Crippen LogP contribution is 2.15. The minimum atomic E-state index is -1.26. The second-order valence-corrected chi connectivity index (χ2v) is 3.12. The van der Waals surface area contributed by atoms with Crippen LogP contribution in [0.3, 0.4) is 0 Å². The molecule has 3 N–H and O–H groups in total. The van der Waals surface area contributed by atoms with Gasteiger partial charge >= 0.3 is 5.97 Å². The Labute approximate surface area is 90.2 Å². The van der Waals surface area contributed by atoms with Crippen molar-refractivity contribution in [3.8, 4) is 0 Å². The van der Waals surface area contributed by atoms with Gasteiger partial charge in [-0.1, -0.05) is 0 Å². The van der Waals surface area contributed by atoms with E-state index in [-0.39, 0.29) is 17.3 Å². The molecule has 0 fully saturated rings. The number of halogens is 1. The number of aromatic carboxylic acids is 1. The zero-order valence-corrected chi connectivity index (χ0v) is 8.29. The van der Waals surface area contributed by atoms with Crippen molar-refractivity contribution in [3.05, 3.63) is 23.8 Å². The second kappa shape index (κ2) is 5.01. The van der Waals surface area contributed by atoms with Crippen LogP contribution in [0.4, 0.5) is 0 Å². The first-order chi connectivity index (χ1) is 7.06. The van der Waals surface area contributed by atoms with Crippen LogP contribution < -0.4 is 0 Å². The van der Waals surface area contributed by atoms with Crippen molar-refractivity contribution < 1.29 is 20.1 Å². The van der Waals surface area contributed by atoms with Crippen LogP contribution in [-0.4, -0.2) is 43.2 Å². The smallest absolute Gasteiger partial charge is 0.373 e. The number of carboxylic acids is 1. The van der Waals surface area contributed by atoms with Gasteiger partial charge in [0.1, 0.15) is 6.10 Å². The second-order valence-electron chi connectivity index (χ2n) is 2.81. The third kappa shape index (κ3) is 2.85. The molecule has 2 unspecified atom stereocenters. The molecule has 82 valence electrons. The normalized spacial score (nSPS) is 14.6. The molecule has 0 aliphatic heterocycles. The van der Waals surface area contributed by atoms with Crippen LogP contribution in [0.2, 0.25) is 0 Å². The highest BCUT2D eigenvalue weighted by molar-refractivity contribution is 6.18. The summed E-state index contributed by atoms with van der Waals surface area (Å²) < 4.78 is 0. The molecule has 0 saturated carbocycles. The maximum atomic E-state index is 10.4. The molecule has 1 rings (SSSR count). The number of aromatic nitrogens is 2. The van der Waals surface area contributed by atoms with E-state index in [0.717, 1.165) is 12.4 Å². The topological polar surface area (TPSA) is 104 Å². The van der Waals surface area contributed by atoms with Gasteiger partial charge in [0.2, 0.25) is 5.82 Å². The van der Waals surface area contributed by atoms with Crippen molar-refractivity contribution in [2.75, 3.05) is 5.88 Å². The van der Waals surface area contributed by atoms with Crippen LogP contribution in [0.25, 0.3) is 0 Å². The maximum Gasteiger partial charge on any atom is 0.373 e. The molecule has 1 aromatic rings. The zero-order valence-electron chi connectivity index (χ0n) is 7.54. The fourth-order valence-corrected chi connectivity index (χ4v) is 1.08. The van der Waals surface area contributed by atoms with E-state index in [2.05, 4.69) is 9.97 Å². The van der Waals surface area contributed by atoms with Crippen LogP contribution in [-0.2, 0) is 0 Å². The van der Waals surface area contributed by atoms with Gasteiger partial charge in [0, 0.05) is 18.0 Å². The fraction of sp³-hybridized carbons (Fsp3) is 0.375. The Hall–Kier alpha value is -1.24. The van der Waals surface area contributed by atoms with Crippen molar-refractivity contribution >= 4 is 17.6 Å². The van der Waals surface area contributed by atoms with Gasteiger partial charge in [-0.2, -0.15) is 0 Å². The lowest BCUT2D eigenvalue weighted by Gasteiger charge is -2.14. The van der Waals surface area contributed by atoms with Crippen molar-refractivity contribution in [1.82, 2.24) is 9.97 Å². The van der Waals surface area contributed by atoms with E-state index in [1.54, 1.807) is 0 Å². The molecule has 0 aliphatic carbocycles. The van der Waals surface area contributed by atoms with E-state index in [1.165, 1.54) is 0 Å². The Morgan fingerprint density at radius 3 is 2.33 bits per heavy atom. The van der Waals surface area contributed by atoms with Crippen LogP contribution >= 0.6 is 11.6 Å². The van der Waals surface area contributed by atoms with Gasteiger partial charge in [-0.3, -0.25) is 0 Å². The molecule has 0 saturated heterocycles. The third-order valence-corrected chi connectivity index (χ3v) is 2.04. The Kier molecular flexibility index (Phi) is 3.96. The van der Waals surface area contributed by atoms with E-state index < -0.39 is 18.2 Å². The number of hydrogen-bond donors (Lipinski definition) is 3. The van der Waals surface area contributed by atoms with Crippen LogP contribution in [0.5, 0.6) is 0 Å². The molecule has 15 heavy (non-hydrogen) atoms. The Bertz CT molecular complexity index is 343. The van der Waals surface area contributed by atoms with Crippen molar-refractivity contribution in [2.45, 2.75) is 12.2 Å². The van der Waals surface area contributed by atoms with E-state index in [1.807, 2.05) is 0 Å². The summed E-state index contributed by atoms with van der Waals surface area (Å²) in [5.41, 5.74) is 0.216. The molecule has 0 amide bonds. The quantitative estimate of drug-likeness (QED) is 0.622. The van der Waals surface area contributed by atoms with Crippen LogP contribution in [0.15, 0.2) is 12.4 Å². The van der Waals surface area contributed by atoms with Crippen molar-refractivity contribution in [1.29, 1.82) is 0 Å². The molecule has 0 bridgehead atoms. The molecule has 0 spiro atoms. The first-order valence-corrected chi connectivity index (χ1v) is 4.57. The minimum Gasteiger partial charge on any atom is -0.475 e. The lowest BCUT2D eigenvalue weighted by molar-refractivity contribution is 0.0322. The molecule has 6 nitrogen and oxygen atoms in total. The minimum absolute atomic E-state index is 0.137. The van der Waals surface area contributed by atoms with E-state index >= 15 is 0 Å². The van der Waals surface area contributed by atoms with Crippen LogP contribution in [0, 0.1) is 0 Å². The van der Waals surface area contributed by atoms with E-state index in [9.17, 15) is 15.0 Å². The van der Waals surface area contributed by atoms with Gasteiger partial charge in [-0.05, 0) is 0 Å². The summed E-state index contributed by atoms with van der Waals surface area (Å²) in [4.78, 5) is 17.4. The Balaban J connectivity index is 2.84.